The van der Waals surface area contributed by atoms with Gasteiger partial charge in [-0.1, -0.05) is 6.07 Å². The summed E-state index contributed by atoms with van der Waals surface area (Å²) in [5, 5.41) is 2.10. The first-order valence-corrected chi connectivity index (χ1v) is 8.11. The van der Waals surface area contributed by atoms with Gasteiger partial charge in [0.25, 0.3) is 0 Å². The molecule has 2 aromatic heterocycles. The Labute approximate surface area is 131 Å². The number of benzene rings is 1. The molecule has 3 N–H and O–H groups in total. The van der Waals surface area contributed by atoms with Crippen LogP contribution in [-0.2, 0) is 0 Å². The van der Waals surface area contributed by atoms with Crippen molar-refractivity contribution in [3.8, 4) is 11.5 Å². The molecule has 4 nitrogen and oxygen atoms in total. The van der Waals surface area contributed by atoms with Crippen molar-refractivity contribution in [2.45, 2.75) is 6.04 Å². The third kappa shape index (κ3) is 2.63. The van der Waals surface area contributed by atoms with E-state index in [1.807, 2.05) is 18.2 Å². The Bertz CT molecular complexity index is 723. The maximum atomic E-state index is 5.78. The van der Waals surface area contributed by atoms with Gasteiger partial charge in [0.05, 0.1) is 20.3 Å². The highest BCUT2D eigenvalue weighted by Gasteiger charge is 2.18. The van der Waals surface area contributed by atoms with Crippen LogP contribution in [0, 0.1) is 0 Å². The number of methoxy groups -OCH3 is 2. The summed E-state index contributed by atoms with van der Waals surface area (Å²) in [7, 11) is 3.26. The first kappa shape index (κ1) is 14.3. The van der Waals surface area contributed by atoms with Gasteiger partial charge in [-0.15, -0.1) is 22.7 Å². The molecular weight excluding hydrogens is 304 g/mol. The van der Waals surface area contributed by atoms with E-state index in [2.05, 4.69) is 22.9 Å². The Kier molecular flexibility index (Phi) is 4.12. The lowest BCUT2D eigenvalue weighted by atomic mass is 10.1. The highest BCUT2D eigenvalue weighted by molar-refractivity contribution is 7.27. The van der Waals surface area contributed by atoms with Gasteiger partial charge in [-0.05, 0) is 35.2 Å². The van der Waals surface area contributed by atoms with E-state index in [0.29, 0.717) is 11.5 Å². The van der Waals surface area contributed by atoms with Crippen molar-refractivity contribution in [1.82, 2.24) is 5.43 Å². The van der Waals surface area contributed by atoms with Crippen LogP contribution in [0.3, 0.4) is 0 Å². The fourth-order valence-corrected chi connectivity index (χ4v) is 4.51. The first-order valence-electron chi connectivity index (χ1n) is 6.41. The fraction of sp³-hybridized carbons (Fsp3) is 0.200. The van der Waals surface area contributed by atoms with Crippen molar-refractivity contribution in [2.75, 3.05) is 14.2 Å². The molecule has 1 atom stereocenters. The summed E-state index contributed by atoms with van der Waals surface area (Å²) in [5.74, 6) is 7.19. The molecule has 110 valence electrons. The van der Waals surface area contributed by atoms with E-state index in [1.165, 1.54) is 14.3 Å². The molecule has 6 heteroatoms. The minimum absolute atomic E-state index is 0.0607. The molecule has 0 aliphatic rings. The summed E-state index contributed by atoms with van der Waals surface area (Å²) in [6.45, 7) is 0. The van der Waals surface area contributed by atoms with Crippen molar-refractivity contribution in [1.29, 1.82) is 0 Å². The normalized spacial score (nSPS) is 12.5. The Balaban J connectivity index is 2.01. The molecule has 2 heterocycles. The van der Waals surface area contributed by atoms with Crippen LogP contribution in [0.25, 0.3) is 9.40 Å². The standard InChI is InChI=1S/C15H16N2O2S2/c1-18-10-4-3-9(7-11(10)19-2)15(17-16)14-8-13-12(21-14)5-6-20-13/h3-8,15,17H,16H2,1-2H3. The maximum Gasteiger partial charge on any atom is 0.161 e. The summed E-state index contributed by atoms with van der Waals surface area (Å²) in [6, 6.07) is 10.1. The number of nitrogens with one attached hydrogen (secondary N) is 1. The van der Waals surface area contributed by atoms with Gasteiger partial charge in [0.2, 0.25) is 0 Å². The second-order valence-corrected chi connectivity index (χ2v) is 6.58. The number of hydrogen-bond acceptors (Lipinski definition) is 6. The summed E-state index contributed by atoms with van der Waals surface area (Å²) in [5.41, 5.74) is 3.94. The lowest BCUT2D eigenvalue weighted by molar-refractivity contribution is 0.354. The van der Waals surface area contributed by atoms with Gasteiger partial charge in [0, 0.05) is 14.3 Å². The van der Waals surface area contributed by atoms with Crippen LogP contribution in [0.2, 0.25) is 0 Å². The van der Waals surface area contributed by atoms with Crippen molar-refractivity contribution in [3.63, 3.8) is 0 Å². The number of fused-ring (bicyclic) bond motifs is 1. The number of thiophene rings is 2. The van der Waals surface area contributed by atoms with Crippen molar-refractivity contribution < 1.29 is 9.47 Å². The fourth-order valence-electron chi connectivity index (χ4n) is 2.30. The zero-order valence-corrected chi connectivity index (χ0v) is 13.4. The molecule has 0 aliphatic heterocycles. The van der Waals surface area contributed by atoms with Gasteiger partial charge in [0.15, 0.2) is 11.5 Å². The number of rotatable bonds is 5. The SMILES string of the molecule is COc1ccc(C(NN)c2cc3sccc3s2)cc1OC. The number of nitrogens with two attached hydrogens (primary N) is 1. The van der Waals surface area contributed by atoms with Gasteiger partial charge < -0.3 is 9.47 Å². The smallest absolute Gasteiger partial charge is 0.161 e. The molecule has 1 aromatic carbocycles. The Morgan fingerprint density at radius 1 is 1.05 bits per heavy atom. The van der Waals surface area contributed by atoms with E-state index in [4.69, 9.17) is 15.3 Å². The second-order valence-electron chi connectivity index (χ2n) is 4.51. The average Bonchev–Trinajstić information content (AvgIpc) is 3.09. The monoisotopic (exact) mass is 320 g/mol. The molecule has 0 bridgehead atoms. The molecule has 21 heavy (non-hydrogen) atoms. The topological polar surface area (TPSA) is 56.5 Å². The van der Waals surface area contributed by atoms with E-state index >= 15 is 0 Å². The van der Waals surface area contributed by atoms with Crippen molar-refractivity contribution in [3.05, 3.63) is 46.2 Å². The van der Waals surface area contributed by atoms with E-state index in [1.54, 1.807) is 36.9 Å². The summed E-state index contributed by atoms with van der Waals surface area (Å²) >= 11 is 3.49. The highest BCUT2D eigenvalue weighted by Crippen LogP contribution is 2.37. The molecule has 0 fully saturated rings. The zero-order chi connectivity index (χ0) is 14.8. The van der Waals surface area contributed by atoms with Crippen LogP contribution in [-0.4, -0.2) is 14.2 Å². The van der Waals surface area contributed by atoms with E-state index in [0.717, 1.165) is 5.56 Å². The minimum Gasteiger partial charge on any atom is -0.493 e. The van der Waals surface area contributed by atoms with Gasteiger partial charge >= 0.3 is 0 Å². The Morgan fingerprint density at radius 3 is 2.52 bits per heavy atom. The molecule has 3 rings (SSSR count). The number of hydrazine groups is 1. The zero-order valence-electron chi connectivity index (χ0n) is 11.8. The van der Waals surface area contributed by atoms with Crippen molar-refractivity contribution >= 4 is 32.1 Å². The van der Waals surface area contributed by atoms with Gasteiger partial charge in [-0.25, -0.2) is 5.43 Å². The molecule has 3 aromatic rings. The average molecular weight is 320 g/mol. The second kappa shape index (κ2) is 6.03. The van der Waals surface area contributed by atoms with Crippen molar-refractivity contribution in [2.24, 2.45) is 5.84 Å². The molecule has 0 aliphatic carbocycles. The quantitative estimate of drug-likeness (QED) is 0.558. The molecule has 0 saturated carbocycles. The van der Waals surface area contributed by atoms with E-state index in [9.17, 15) is 0 Å². The third-order valence-electron chi connectivity index (χ3n) is 3.35. The predicted molar refractivity (Wildman–Crippen MR) is 88.4 cm³/mol. The molecule has 0 radical (unpaired) electrons. The lowest BCUT2D eigenvalue weighted by Crippen LogP contribution is -2.28. The summed E-state index contributed by atoms with van der Waals surface area (Å²) in [6.07, 6.45) is 0. The molecular formula is C15H16N2O2S2. The summed E-state index contributed by atoms with van der Waals surface area (Å²) in [4.78, 5) is 1.19. The van der Waals surface area contributed by atoms with Crippen LogP contribution < -0.4 is 20.7 Å². The van der Waals surface area contributed by atoms with Crippen LogP contribution in [0.1, 0.15) is 16.5 Å². The van der Waals surface area contributed by atoms with Crippen LogP contribution in [0.5, 0.6) is 11.5 Å². The van der Waals surface area contributed by atoms with Crippen LogP contribution in [0.15, 0.2) is 35.7 Å². The number of ether oxygens (including phenoxy) is 2. The third-order valence-corrected chi connectivity index (χ3v) is 5.51. The Hall–Kier alpha value is -1.60. The predicted octanol–water partition coefficient (Wildman–Crippen LogP) is 3.53. The van der Waals surface area contributed by atoms with Crippen LogP contribution in [0.4, 0.5) is 0 Å². The molecule has 1 unspecified atom stereocenters. The largest absolute Gasteiger partial charge is 0.493 e. The molecule has 0 spiro atoms. The first-order chi connectivity index (χ1) is 10.3. The minimum atomic E-state index is -0.0607. The molecule has 0 amide bonds. The van der Waals surface area contributed by atoms with Crippen LogP contribution >= 0.6 is 22.7 Å². The lowest BCUT2D eigenvalue weighted by Gasteiger charge is -2.17. The highest BCUT2D eigenvalue weighted by atomic mass is 32.1. The van der Waals surface area contributed by atoms with E-state index < -0.39 is 0 Å². The summed E-state index contributed by atoms with van der Waals surface area (Å²) < 4.78 is 13.2. The van der Waals surface area contributed by atoms with Gasteiger partial charge in [-0.2, -0.15) is 0 Å². The number of hydrogen-bond donors (Lipinski definition) is 2. The van der Waals surface area contributed by atoms with E-state index in [-0.39, 0.29) is 6.04 Å². The molecule has 0 saturated heterocycles. The van der Waals surface area contributed by atoms with Gasteiger partial charge in [-0.3, -0.25) is 5.84 Å². The maximum absolute atomic E-state index is 5.78. The Morgan fingerprint density at radius 2 is 1.86 bits per heavy atom. The van der Waals surface area contributed by atoms with Gasteiger partial charge in [0.1, 0.15) is 0 Å².